The summed E-state index contributed by atoms with van der Waals surface area (Å²) < 4.78 is 0. The average molecular weight is 261 g/mol. The van der Waals surface area contributed by atoms with Gasteiger partial charge < -0.3 is 16.4 Å². The van der Waals surface area contributed by atoms with E-state index in [9.17, 15) is 9.59 Å². The molecule has 1 aliphatic carbocycles. The van der Waals surface area contributed by atoms with Gasteiger partial charge in [-0.2, -0.15) is 0 Å². The first-order chi connectivity index (χ1) is 8.99. The van der Waals surface area contributed by atoms with Gasteiger partial charge in [-0.1, -0.05) is 12.1 Å². The maximum absolute atomic E-state index is 11.6. The van der Waals surface area contributed by atoms with Crippen molar-refractivity contribution >= 4 is 17.5 Å². The number of carbonyl (C=O) groups excluding carboxylic acids is 2. The number of benzene rings is 1. The highest BCUT2D eigenvalue weighted by Gasteiger charge is 2.45. The lowest BCUT2D eigenvalue weighted by molar-refractivity contribution is -0.123. The highest BCUT2D eigenvalue weighted by atomic mass is 16.2. The van der Waals surface area contributed by atoms with Crippen LogP contribution in [0.3, 0.4) is 0 Å². The standard InChI is InChI=1S/C14H19N3O2/c1-10(18)17-12-4-2-11(3-5-12)6-9-16-13(19)14(15)7-8-14/h2-5H,6-9,15H2,1H3,(H,16,19)(H,17,18). The van der Waals surface area contributed by atoms with Crippen molar-refractivity contribution in [1.29, 1.82) is 0 Å². The molecule has 4 N–H and O–H groups in total. The highest BCUT2D eigenvalue weighted by Crippen LogP contribution is 2.31. The summed E-state index contributed by atoms with van der Waals surface area (Å²) in [5, 5.41) is 5.56. The van der Waals surface area contributed by atoms with Gasteiger partial charge in [-0.15, -0.1) is 0 Å². The van der Waals surface area contributed by atoms with E-state index in [2.05, 4.69) is 10.6 Å². The number of hydrogen-bond donors (Lipinski definition) is 3. The van der Waals surface area contributed by atoms with Gasteiger partial charge in [0.1, 0.15) is 0 Å². The van der Waals surface area contributed by atoms with E-state index >= 15 is 0 Å². The highest BCUT2D eigenvalue weighted by molar-refractivity contribution is 5.89. The molecule has 1 fully saturated rings. The van der Waals surface area contributed by atoms with Crippen molar-refractivity contribution < 1.29 is 9.59 Å². The number of hydrogen-bond acceptors (Lipinski definition) is 3. The van der Waals surface area contributed by atoms with Crippen molar-refractivity contribution in [1.82, 2.24) is 5.32 Å². The van der Waals surface area contributed by atoms with Gasteiger partial charge >= 0.3 is 0 Å². The van der Waals surface area contributed by atoms with Crippen LogP contribution in [0, 0.1) is 0 Å². The SMILES string of the molecule is CC(=O)Nc1ccc(CCNC(=O)C2(N)CC2)cc1. The molecule has 1 aromatic carbocycles. The number of nitrogens with one attached hydrogen (secondary N) is 2. The maximum atomic E-state index is 11.6. The average Bonchev–Trinajstić information content (AvgIpc) is 3.10. The molecular weight excluding hydrogens is 242 g/mol. The van der Waals surface area contributed by atoms with Crippen molar-refractivity contribution in [3.8, 4) is 0 Å². The lowest BCUT2D eigenvalue weighted by atomic mass is 10.1. The van der Waals surface area contributed by atoms with Crippen LogP contribution in [0.2, 0.25) is 0 Å². The third-order valence-electron chi connectivity index (χ3n) is 3.21. The molecule has 0 heterocycles. The van der Waals surface area contributed by atoms with Gasteiger partial charge in [0.05, 0.1) is 5.54 Å². The lowest BCUT2D eigenvalue weighted by Crippen LogP contribution is -2.43. The zero-order valence-electron chi connectivity index (χ0n) is 11.0. The molecule has 0 bridgehead atoms. The van der Waals surface area contributed by atoms with Crippen molar-refractivity contribution in [2.45, 2.75) is 31.7 Å². The van der Waals surface area contributed by atoms with E-state index in [1.165, 1.54) is 6.92 Å². The van der Waals surface area contributed by atoms with E-state index in [0.717, 1.165) is 30.5 Å². The molecular formula is C14H19N3O2. The first-order valence-electron chi connectivity index (χ1n) is 6.43. The first kappa shape index (κ1) is 13.5. The predicted octanol–water partition coefficient (Wildman–Crippen LogP) is 0.795. The van der Waals surface area contributed by atoms with Crippen LogP contribution < -0.4 is 16.4 Å². The largest absolute Gasteiger partial charge is 0.354 e. The Bertz CT molecular complexity index is 478. The monoisotopic (exact) mass is 261 g/mol. The lowest BCUT2D eigenvalue weighted by Gasteiger charge is -2.10. The minimum Gasteiger partial charge on any atom is -0.354 e. The van der Waals surface area contributed by atoms with E-state index in [1.807, 2.05) is 24.3 Å². The number of nitrogens with two attached hydrogens (primary N) is 1. The van der Waals surface area contributed by atoms with Crippen LogP contribution in [0.25, 0.3) is 0 Å². The summed E-state index contributed by atoms with van der Waals surface area (Å²) in [6.07, 6.45) is 2.32. The van der Waals surface area contributed by atoms with Gasteiger partial charge in [-0.25, -0.2) is 0 Å². The number of carbonyl (C=O) groups is 2. The summed E-state index contributed by atoms with van der Waals surface area (Å²) in [7, 11) is 0. The summed E-state index contributed by atoms with van der Waals surface area (Å²) in [4.78, 5) is 22.5. The van der Waals surface area contributed by atoms with Crippen molar-refractivity contribution in [2.24, 2.45) is 5.73 Å². The molecule has 0 aliphatic heterocycles. The molecule has 1 saturated carbocycles. The smallest absolute Gasteiger partial charge is 0.240 e. The molecule has 5 heteroatoms. The molecule has 0 spiro atoms. The molecule has 1 aliphatic rings. The molecule has 5 nitrogen and oxygen atoms in total. The second-order valence-corrected chi connectivity index (χ2v) is 5.04. The molecule has 0 radical (unpaired) electrons. The fraction of sp³-hybridized carbons (Fsp3) is 0.429. The summed E-state index contributed by atoms with van der Waals surface area (Å²) in [6.45, 7) is 2.06. The summed E-state index contributed by atoms with van der Waals surface area (Å²) >= 11 is 0. The van der Waals surface area contributed by atoms with Crippen molar-refractivity contribution in [3.05, 3.63) is 29.8 Å². The zero-order valence-corrected chi connectivity index (χ0v) is 11.0. The second kappa shape index (κ2) is 5.40. The van der Waals surface area contributed by atoms with Gasteiger partial charge in [0, 0.05) is 19.2 Å². The Kier molecular flexibility index (Phi) is 3.85. The van der Waals surface area contributed by atoms with Gasteiger partial charge in [0.2, 0.25) is 11.8 Å². The summed E-state index contributed by atoms with van der Waals surface area (Å²) in [5.41, 5.74) is 7.07. The van der Waals surface area contributed by atoms with Crippen molar-refractivity contribution in [3.63, 3.8) is 0 Å². The topological polar surface area (TPSA) is 84.2 Å². The summed E-state index contributed by atoms with van der Waals surface area (Å²) in [6, 6.07) is 7.58. The van der Waals surface area contributed by atoms with Crippen LogP contribution >= 0.6 is 0 Å². The minimum atomic E-state index is -0.602. The van der Waals surface area contributed by atoms with Gasteiger partial charge in [0.25, 0.3) is 0 Å². The molecule has 1 aromatic rings. The van der Waals surface area contributed by atoms with E-state index < -0.39 is 5.54 Å². The van der Waals surface area contributed by atoms with Crippen LogP contribution in [-0.2, 0) is 16.0 Å². The molecule has 0 atom stereocenters. The number of rotatable bonds is 5. The summed E-state index contributed by atoms with van der Waals surface area (Å²) in [5.74, 6) is -0.139. The molecule has 2 amide bonds. The van der Waals surface area contributed by atoms with E-state index in [0.29, 0.717) is 6.54 Å². The fourth-order valence-corrected chi connectivity index (χ4v) is 1.82. The van der Waals surface area contributed by atoms with E-state index in [1.54, 1.807) is 0 Å². The van der Waals surface area contributed by atoms with Crippen LogP contribution in [0.15, 0.2) is 24.3 Å². The quantitative estimate of drug-likeness (QED) is 0.733. The van der Waals surface area contributed by atoms with Gasteiger partial charge in [-0.05, 0) is 37.0 Å². The third-order valence-corrected chi connectivity index (χ3v) is 3.21. The second-order valence-electron chi connectivity index (χ2n) is 5.04. The molecule has 0 aromatic heterocycles. The van der Waals surface area contributed by atoms with Crippen LogP contribution in [0.5, 0.6) is 0 Å². The van der Waals surface area contributed by atoms with E-state index in [4.69, 9.17) is 5.73 Å². The van der Waals surface area contributed by atoms with Gasteiger partial charge in [-0.3, -0.25) is 9.59 Å². The normalized spacial score (nSPS) is 15.7. The molecule has 0 unspecified atom stereocenters. The minimum absolute atomic E-state index is 0.0534. The van der Waals surface area contributed by atoms with Gasteiger partial charge in [0.15, 0.2) is 0 Å². The Morgan fingerprint density at radius 2 is 1.89 bits per heavy atom. The predicted molar refractivity (Wildman–Crippen MR) is 73.6 cm³/mol. The Labute approximate surface area is 112 Å². The van der Waals surface area contributed by atoms with E-state index in [-0.39, 0.29) is 11.8 Å². The Balaban J connectivity index is 1.76. The number of anilines is 1. The van der Waals surface area contributed by atoms with Crippen LogP contribution in [-0.4, -0.2) is 23.9 Å². The molecule has 102 valence electrons. The Morgan fingerprint density at radius 1 is 1.26 bits per heavy atom. The first-order valence-corrected chi connectivity index (χ1v) is 6.43. The third kappa shape index (κ3) is 3.79. The fourth-order valence-electron chi connectivity index (χ4n) is 1.82. The Morgan fingerprint density at radius 3 is 2.42 bits per heavy atom. The molecule has 2 rings (SSSR count). The van der Waals surface area contributed by atoms with Crippen LogP contribution in [0.4, 0.5) is 5.69 Å². The maximum Gasteiger partial charge on any atom is 0.240 e. The number of amides is 2. The molecule has 19 heavy (non-hydrogen) atoms. The van der Waals surface area contributed by atoms with Crippen LogP contribution in [0.1, 0.15) is 25.3 Å². The Hall–Kier alpha value is -1.88. The zero-order chi connectivity index (χ0) is 13.9. The molecule has 0 saturated heterocycles. The van der Waals surface area contributed by atoms with Crippen molar-refractivity contribution in [2.75, 3.05) is 11.9 Å².